The quantitative estimate of drug-likeness (QED) is 0.0744. The minimum Gasteiger partial charge on any atom is -0.481 e. The van der Waals surface area contributed by atoms with Crippen LogP contribution in [0.3, 0.4) is 0 Å². The molecule has 0 bridgehead atoms. The summed E-state index contributed by atoms with van der Waals surface area (Å²) >= 11 is 0. The maximum absolute atomic E-state index is 14.0. The Kier molecular flexibility index (Phi) is 18.0. The van der Waals surface area contributed by atoms with Gasteiger partial charge in [-0.15, -0.1) is 0 Å². The van der Waals surface area contributed by atoms with Crippen LogP contribution < -0.4 is 5.32 Å². The number of amides is 1. The van der Waals surface area contributed by atoms with E-state index in [-0.39, 0.29) is 37.0 Å². The number of carbonyl (C=O) groups excluding carboxylic acids is 1. The van der Waals surface area contributed by atoms with Gasteiger partial charge in [0.15, 0.2) is 12.6 Å². The molecule has 19 heteroatoms. The number of carboxylic acid groups (broad SMARTS) is 1. The molecule has 0 aliphatic carbocycles. The van der Waals surface area contributed by atoms with Crippen LogP contribution in [0, 0.1) is 5.82 Å². The number of nitrogens with zero attached hydrogens (tertiary/aromatic N) is 1. The van der Waals surface area contributed by atoms with Gasteiger partial charge in [0, 0.05) is 23.5 Å². The highest BCUT2D eigenvalue weighted by Gasteiger charge is 2.50. The van der Waals surface area contributed by atoms with Gasteiger partial charge in [-0.25, -0.2) is 4.39 Å². The van der Waals surface area contributed by atoms with Gasteiger partial charge in [0.05, 0.1) is 43.1 Å². The first-order valence-electron chi connectivity index (χ1n) is 20.8. The number of hydrogen-bond donors (Lipinski definition) is 12. The van der Waals surface area contributed by atoms with Crippen molar-refractivity contribution in [2.24, 2.45) is 0 Å². The van der Waals surface area contributed by atoms with Gasteiger partial charge in [-0.2, -0.15) is 0 Å². The average molecular weight is 901 g/mol. The van der Waals surface area contributed by atoms with Crippen LogP contribution in [0.5, 0.6) is 0 Å². The molecular weight excluding hydrogens is 843 g/mol. The van der Waals surface area contributed by atoms with E-state index < -0.39 is 99.2 Å². The molecule has 2 fully saturated rings. The first-order chi connectivity index (χ1) is 30.5. The monoisotopic (exact) mass is 900 g/mol. The van der Waals surface area contributed by atoms with Crippen LogP contribution in [0.2, 0.25) is 0 Å². The number of carbonyl (C=O) groups is 2. The molecule has 0 spiro atoms. The van der Waals surface area contributed by atoms with E-state index in [1.165, 1.54) is 12.1 Å². The molecule has 2 aliphatic heterocycles. The topological polar surface area (TPSA) is 301 Å². The predicted octanol–water partition coefficient (Wildman–Crippen LogP) is 0.916. The Morgan fingerprint density at radius 3 is 1.94 bits per heavy atom. The second-order valence-electron chi connectivity index (χ2n) is 15.9. The first kappa shape index (κ1) is 50.3. The number of rotatable bonds is 16. The van der Waals surface area contributed by atoms with Crippen molar-refractivity contribution in [3.63, 3.8) is 0 Å². The van der Waals surface area contributed by atoms with E-state index in [2.05, 4.69) is 5.32 Å². The Balaban J connectivity index is 0.000000283. The molecule has 0 saturated carbocycles. The number of hydrogen-bond acceptors (Lipinski definition) is 15. The fourth-order valence-electron chi connectivity index (χ4n) is 7.77. The van der Waals surface area contributed by atoms with E-state index in [0.717, 1.165) is 11.3 Å². The van der Waals surface area contributed by atoms with Crippen molar-refractivity contribution in [2.45, 2.75) is 119 Å². The number of aliphatic carboxylic acids is 1. The summed E-state index contributed by atoms with van der Waals surface area (Å²) in [5.74, 6) is -1.93. The van der Waals surface area contributed by atoms with Crippen LogP contribution in [0.4, 0.5) is 10.1 Å². The molecule has 2 saturated heterocycles. The molecule has 18 nitrogen and oxygen atoms in total. The molecule has 2 aliphatic rings. The van der Waals surface area contributed by atoms with Gasteiger partial charge in [-0.3, -0.25) is 9.59 Å². The van der Waals surface area contributed by atoms with Crippen molar-refractivity contribution >= 4 is 17.6 Å². The fourth-order valence-corrected chi connectivity index (χ4v) is 7.77. The Bertz CT molecular complexity index is 2090. The van der Waals surface area contributed by atoms with Crippen molar-refractivity contribution in [2.75, 3.05) is 18.5 Å². The third-order valence-electron chi connectivity index (χ3n) is 10.9. The van der Waals surface area contributed by atoms with Crippen LogP contribution in [0.15, 0.2) is 84.9 Å². The van der Waals surface area contributed by atoms with Crippen LogP contribution in [0.1, 0.15) is 55.1 Å². The standard InChI is InChI=1S/C33H35FN2O5.C12H22O11/c1-21(2)31-30(33(41)35-25-11-7-4-8-12-25)29(22-9-5-3-6-10-22)32(23-13-15-24(34)16-14-23)36(31)18-17-26(37)19-27(38)20-28(39)40;13-1-3-5(15)6(16)9(19)12(22-3)23-10-4(2-14)21-11(20)8(18)7(10)17/h3-16,21,26-27,37-38H,17-20H2,1-2H3,(H,35,41)(H,39,40);3-20H,1-2H2/t26-,27-;3-,4-,5+,6+,7-,8-,9-,10-,11?,12+/m11/s1. The van der Waals surface area contributed by atoms with Crippen LogP contribution in [-0.2, 0) is 25.5 Å². The van der Waals surface area contributed by atoms with Crippen molar-refractivity contribution in [1.29, 1.82) is 0 Å². The van der Waals surface area contributed by atoms with Gasteiger partial charge in [0.1, 0.15) is 54.6 Å². The van der Waals surface area contributed by atoms with Crippen molar-refractivity contribution < 1.29 is 84.4 Å². The Morgan fingerprint density at radius 2 is 1.36 bits per heavy atom. The summed E-state index contributed by atoms with van der Waals surface area (Å²) in [5, 5.41) is 109. The molecule has 350 valence electrons. The van der Waals surface area contributed by atoms with E-state index in [9.17, 15) is 59.9 Å². The van der Waals surface area contributed by atoms with E-state index >= 15 is 0 Å². The van der Waals surface area contributed by atoms with Gasteiger partial charge >= 0.3 is 5.97 Å². The number of para-hydroxylation sites is 1. The van der Waals surface area contributed by atoms with Gasteiger partial charge < -0.3 is 80.3 Å². The van der Waals surface area contributed by atoms with Gasteiger partial charge in [0.2, 0.25) is 0 Å². The maximum Gasteiger partial charge on any atom is 0.305 e. The summed E-state index contributed by atoms with van der Waals surface area (Å²) in [6.45, 7) is 2.91. The molecular formula is C45H57FN2O16. The van der Waals surface area contributed by atoms with Crippen LogP contribution in [0.25, 0.3) is 22.4 Å². The van der Waals surface area contributed by atoms with Crippen molar-refractivity contribution in [1.82, 2.24) is 4.57 Å². The summed E-state index contributed by atoms with van der Waals surface area (Å²) < 4.78 is 31.3. The zero-order valence-electron chi connectivity index (χ0n) is 35.1. The second-order valence-corrected chi connectivity index (χ2v) is 15.9. The minimum absolute atomic E-state index is 0.0939. The van der Waals surface area contributed by atoms with E-state index in [0.29, 0.717) is 28.1 Å². The highest BCUT2D eigenvalue weighted by atomic mass is 19.1. The van der Waals surface area contributed by atoms with Gasteiger partial charge in [-0.1, -0.05) is 62.4 Å². The number of aromatic nitrogens is 1. The maximum atomic E-state index is 14.0. The molecule has 12 atom stereocenters. The summed E-state index contributed by atoms with van der Waals surface area (Å²) in [6, 6.07) is 24.8. The Morgan fingerprint density at radius 1 is 0.750 bits per heavy atom. The lowest BCUT2D eigenvalue weighted by Gasteiger charge is -2.45. The Hall–Kier alpha value is -4.71. The zero-order chi connectivity index (χ0) is 46.8. The summed E-state index contributed by atoms with van der Waals surface area (Å²) in [6.07, 6.45) is -18.1. The summed E-state index contributed by atoms with van der Waals surface area (Å²) in [7, 11) is 0. The third kappa shape index (κ3) is 12.1. The van der Waals surface area contributed by atoms with Crippen LogP contribution in [-0.4, -0.2) is 159 Å². The number of benzene rings is 3. The van der Waals surface area contributed by atoms with E-state index in [1.807, 2.05) is 79.1 Å². The summed E-state index contributed by atoms with van der Waals surface area (Å²) in [4.78, 5) is 25.0. The second kappa shape index (κ2) is 23.0. The van der Waals surface area contributed by atoms with Crippen molar-refractivity contribution in [3.05, 3.63) is 102 Å². The van der Waals surface area contributed by atoms with E-state index in [4.69, 9.17) is 24.4 Å². The fraction of sp³-hybridized carbons (Fsp3) is 0.467. The number of aliphatic hydroxyl groups is 10. The van der Waals surface area contributed by atoms with Gasteiger partial charge in [0.25, 0.3) is 5.91 Å². The normalized spacial score (nSPS) is 26.7. The highest BCUT2D eigenvalue weighted by molar-refractivity contribution is 6.12. The molecule has 1 unspecified atom stereocenters. The molecule has 1 amide bonds. The van der Waals surface area contributed by atoms with Gasteiger partial charge in [-0.05, 0) is 66.3 Å². The summed E-state index contributed by atoms with van der Waals surface area (Å²) in [5.41, 5.74) is 4.77. The molecule has 6 rings (SSSR count). The predicted molar refractivity (Wildman–Crippen MR) is 226 cm³/mol. The zero-order valence-corrected chi connectivity index (χ0v) is 35.1. The van der Waals surface area contributed by atoms with Crippen LogP contribution >= 0.6 is 0 Å². The number of anilines is 1. The number of aliphatic hydroxyl groups excluding tert-OH is 10. The number of carboxylic acids is 1. The lowest BCUT2D eigenvalue weighted by Crippen LogP contribution is -2.64. The Labute approximate surface area is 368 Å². The molecule has 64 heavy (non-hydrogen) atoms. The number of halogens is 1. The molecule has 3 aromatic carbocycles. The highest BCUT2D eigenvalue weighted by Crippen LogP contribution is 2.43. The smallest absolute Gasteiger partial charge is 0.305 e. The largest absolute Gasteiger partial charge is 0.481 e. The molecule has 4 aromatic rings. The lowest BCUT2D eigenvalue weighted by atomic mass is 9.94. The molecule has 1 aromatic heterocycles. The average Bonchev–Trinajstić information content (AvgIpc) is 3.62. The SMILES string of the molecule is CC(C)c1c(C(=O)Nc2ccccc2)c(-c2ccccc2)c(-c2ccc(F)cc2)n1CC[C@@H](O)C[C@@H](O)CC(=O)O.OC[C@H]1O[C@@H](O[C@H]2[C@H](O)[C@@H](O)C(O)O[C@@H]2CO)[C@H](O)[C@@H](O)[C@H]1O. The number of nitrogens with one attached hydrogen (secondary N) is 1. The minimum atomic E-state index is -1.74. The van der Waals surface area contributed by atoms with E-state index in [1.54, 1.807) is 12.1 Å². The first-order valence-corrected chi connectivity index (χ1v) is 20.8. The lowest BCUT2D eigenvalue weighted by molar-refractivity contribution is -0.355. The number of ether oxygens (including phenoxy) is 3. The molecule has 3 heterocycles. The van der Waals surface area contributed by atoms with Crippen molar-refractivity contribution in [3.8, 4) is 22.4 Å². The molecule has 12 N–H and O–H groups in total. The molecule has 0 radical (unpaired) electrons. The third-order valence-corrected chi connectivity index (χ3v) is 10.9.